The molecule has 0 unspecified atom stereocenters. The average molecular weight is 359 g/mol. The number of benzene rings is 1. The maximum atomic E-state index is 13.0. The lowest BCUT2D eigenvalue weighted by atomic mass is 10.1. The Hall–Kier alpha value is -1.02. The SMILES string of the molecule is O=C(c1cc2c(Br)cccc2s1)C(F)(F)C(F)(F)F. The fourth-order valence-corrected chi connectivity index (χ4v) is 3.09. The molecule has 8 heteroatoms. The first-order chi connectivity index (χ1) is 8.64. The minimum absolute atomic E-state index is 0.425. The molecule has 0 aliphatic rings. The van der Waals surface area contributed by atoms with E-state index in [2.05, 4.69) is 15.9 Å². The number of hydrogen-bond donors (Lipinski definition) is 0. The number of alkyl halides is 5. The van der Waals surface area contributed by atoms with Gasteiger partial charge in [-0.05, 0) is 18.2 Å². The van der Waals surface area contributed by atoms with Crippen LogP contribution < -0.4 is 0 Å². The van der Waals surface area contributed by atoms with Crippen LogP contribution in [0.5, 0.6) is 0 Å². The maximum Gasteiger partial charge on any atom is 0.461 e. The quantitative estimate of drug-likeness (QED) is 0.542. The van der Waals surface area contributed by atoms with Crippen molar-refractivity contribution in [1.29, 1.82) is 0 Å². The van der Waals surface area contributed by atoms with E-state index in [1.165, 1.54) is 6.07 Å². The molecule has 0 N–H and O–H groups in total. The summed E-state index contributed by atoms with van der Waals surface area (Å²) in [6, 6.07) is 5.77. The second-order valence-corrected chi connectivity index (χ2v) is 5.60. The fourth-order valence-electron chi connectivity index (χ4n) is 1.42. The zero-order valence-corrected chi connectivity index (χ0v) is 11.3. The average Bonchev–Trinajstić information content (AvgIpc) is 2.71. The van der Waals surface area contributed by atoms with Crippen molar-refractivity contribution >= 4 is 43.1 Å². The van der Waals surface area contributed by atoms with Gasteiger partial charge in [-0.3, -0.25) is 4.79 Å². The number of fused-ring (bicyclic) bond motifs is 1. The topological polar surface area (TPSA) is 17.1 Å². The summed E-state index contributed by atoms with van der Waals surface area (Å²) in [6.07, 6.45) is -5.89. The van der Waals surface area contributed by atoms with Crippen molar-refractivity contribution in [2.45, 2.75) is 12.1 Å². The van der Waals surface area contributed by atoms with E-state index in [0.717, 1.165) is 6.07 Å². The van der Waals surface area contributed by atoms with Crippen LogP contribution in [0.15, 0.2) is 28.7 Å². The summed E-state index contributed by atoms with van der Waals surface area (Å²) in [4.78, 5) is 10.7. The van der Waals surface area contributed by atoms with Gasteiger partial charge >= 0.3 is 12.1 Å². The first kappa shape index (κ1) is 14.4. The van der Waals surface area contributed by atoms with Crippen LogP contribution in [0.1, 0.15) is 9.67 Å². The lowest BCUT2D eigenvalue weighted by Crippen LogP contribution is -2.43. The molecular weight excluding hydrogens is 355 g/mol. The molecule has 0 amide bonds. The number of thiophene rings is 1. The minimum Gasteiger partial charge on any atom is -0.286 e. The molecule has 2 rings (SSSR count). The van der Waals surface area contributed by atoms with Gasteiger partial charge in [-0.15, -0.1) is 11.3 Å². The van der Waals surface area contributed by atoms with Crippen LogP contribution in [-0.2, 0) is 0 Å². The Morgan fingerprint density at radius 2 is 1.79 bits per heavy atom. The molecule has 0 aliphatic carbocycles. The number of carbonyl (C=O) groups is 1. The maximum absolute atomic E-state index is 13.0. The zero-order chi connectivity index (χ0) is 14.4. The van der Waals surface area contributed by atoms with Crippen molar-refractivity contribution < 1.29 is 26.7 Å². The van der Waals surface area contributed by atoms with Crippen molar-refractivity contribution in [3.63, 3.8) is 0 Å². The van der Waals surface area contributed by atoms with Crippen molar-refractivity contribution in [1.82, 2.24) is 0 Å². The van der Waals surface area contributed by atoms with Crippen LogP contribution in [0, 0.1) is 0 Å². The Morgan fingerprint density at radius 1 is 1.16 bits per heavy atom. The molecule has 0 radical (unpaired) electrons. The fraction of sp³-hybridized carbons (Fsp3) is 0.182. The summed E-state index contributed by atoms with van der Waals surface area (Å²) < 4.78 is 63.3. The number of rotatable bonds is 2. The van der Waals surface area contributed by atoms with Gasteiger partial charge in [0.25, 0.3) is 5.78 Å². The van der Waals surface area contributed by atoms with Gasteiger partial charge in [0, 0.05) is 14.6 Å². The van der Waals surface area contributed by atoms with Crippen LogP contribution in [0.2, 0.25) is 0 Å². The van der Waals surface area contributed by atoms with Crippen LogP contribution in [0.4, 0.5) is 22.0 Å². The smallest absolute Gasteiger partial charge is 0.286 e. The summed E-state index contributed by atoms with van der Waals surface area (Å²) in [5.41, 5.74) is 0. The number of hydrogen-bond acceptors (Lipinski definition) is 2. The van der Waals surface area contributed by atoms with Crippen molar-refractivity contribution in [2.75, 3.05) is 0 Å². The molecule has 0 aliphatic heterocycles. The molecule has 0 bridgehead atoms. The van der Waals surface area contributed by atoms with Crippen molar-refractivity contribution in [3.05, 3.63) is 33.6 Å². The zero-order valence-electron chi connectivity index (χ0n) is 8.89. The van der Waals surface area contributed by atoms with E-state index < -0.39 is 22.8 Å². The number of ketones is 1. The summed E-state index contributed by atoms with van der Waals surface area (Å²) in [6.45, 7) is 0. The summed E-state index contributed by atoms with van der Waals surface area (Å²) in [5, 5.41) is 0.425. The molecule has 19 heavy (non-hydrogen) atoms. The molecule has 0 fully saturated rings. The monoisotopic (exact) mass is 358 g/mol. The van der Waals surface area contributed by atoms with E-state index in [4.69, 9.17) is 0 Å². The first-order valence-electron chi connectivity index (χ1n) is 4.82. The highest BCUT2D eigenvalue weighted by atomic mass is 79.9. The molecule has 0 saturated heterocycles. The van der Waals surface area contributed by atoms with Crippen molar-refractivity contribution in [3.8, 4) is 0 Å². The Kier molecular flexibility index (Phi) is 3.42. The minimum atomic E-state index is -5.89. The number of Topliss-reactive ketones (excluding diaryl/α,β-unsaturated/α-hetero) is 1. The molecule has 0 saturated carbocycles. The Morgan fingerprint density at radius 3 is 2.32 bits per heavy atom. The van der Waals surface area contributed by atoms with Crippen LogP contribution in [0.3, 0.4) is 0 Å². The highest BCUT2D eigenvalue weighted by Crippen LogP contribution is 2.41. The standard InChI is InChI=1S/C11H4BrF5OS/c12-6-2-1-3-7-5(6)4-8(19-7)9(18)10(13,14)11(15,16)17/h1-4H. The van der Waals surface area contributed by atoms with E-state index >= 15 is 0 Å². The molecule has 1 nitrogen and oxygen atoms in total. The third kappa shape index (κ3) is 2.38. The van der Waals surface area contributed by atoms with Crippen LogP contribution >= 0.6 is 27.3 Å². The third-order valence-electron chi connectivity index (χ3n) is 2.37. The third-order valence-corrected chi connectivity index (χ3v) is 4.16. The predicted molar refractivity (Wildman–Crippen MR) is 64.9 cm³/mol. The van der Waals surface area contributed by atoms with E-state index in [1.807, 2.05) is 0 Å². The molecule has 1 aromatic carbocycles. The molecule has 1 heterocycles. The summed E-state index contributed by atoms with van der Waals surface area (Å²) in [7, 11) is 0. The lowest BCUT2D eigenvalue weighted by Gasteiger charge is -2.16. The molecular formula is C11H4BrF5OS. The highest BCUT2D eigenvalue weighted by molar-refractivity contribution is 9.10. The van der Waals surface area contributed by atoms with E-state index in [0.29, 0.717) is 25.9 Å². The normalized spacial score (nSPS) is 12.9. The molecule has 102 valence electrons. The number of carbonyl (C=O) groups excluding carboxylic acids is 1. The largest absolute Gasteiger partial charge is 0.461 e. The van der Waals surface area contributed by atoms with Crippen LogP contribution in [0.25, 0.3) is 10.1 Å². The molecule has 0 spiro atoms. The molecule has 1 aromatic heterocycles. The Bertz CT molecular complexity index is 646. The lowest BCUT2D eigenvalue weighted by molar-refractivity contribution is -0.255. The van der Waals surface area contributed by atoms with Gasteiger partial charge in [0.15, 0.2) is 0 Å². The molecule has 0 atom stereocenters. The number of halogens is 6. The predicted octanol–water partition coefficient (Wildman–Crippen LogP) is 5.04. The van der Waals surface area contributed by atoms with Gasteiger partial charge in [0.05, 0.1) is 4.88 Å². The van der Waals surface area contributed by atoms with Gasteiger partial charge in [-0.25, -0.2) is 0 Å². The summed E-state index contributed by atoms with van der Waals surface area (Å²) in [5.74, 6) is -7.60. The Labute approximate surface area is 116 Å². The van der Waals surface area contributed by atoms with E-state index in [-0.39, 0.29) is 0 Å². The van der Waals surface area contributed by atoms with Gasteiger partial charge in [-0.2, -0.15) is 22.0 Å². The highest BCUT2D eigenvalue weighted by Gasteiger charge is 2.63. The van der Waals surface area contributed by atoms with Crippen LogP contribution in [-0.4, -0.2) is 17.9 Å². The van der Waals surface area contributed by atoms with Gasteiger partial charge in [0.2, 0.25) is 0 Å². The van der Waals surface area contributed by atoms with Gasteiger partial charge in [0.1, 0.15) is 0 Å². The Balaban J connectivity index is 2.51. The second-order valence-electron chi connectivity index (χ2n) is 3.66. The summed E-state index contributed by atoms with van der Waals surface area (Å²) >= 11 is 3.74. The van der Waals surface area contributed by atoms with E-state index in [1.54, 1.807) is 12.1 Å². The van der Waals surface area contributed by atoms with E-state index in [9.17, 15) is 26.7 Å². The van der Waals surface area contributed by atoms with Crippen molar-refractivity contribution in [2.24, 2.45) is 0 Å². The van der Waals surface area contributed by atoms with Gasteiger partial charge < -0.3 is 0 Å². The van der Waals surface area contributed by atoms with Gasteiger partial charge in [-0.1, -0.05) is 22.0 Å². The second kappa shape index (κ2) is 4.52. The molecule has 2 aromatic rings. The first-order valence-corrected chi connectivity index (χ1v) is 6.43.